The van der Waals surface area contributed by atoms with E-state index in [2.05, 4.69) is 10.6 Å². The zero-order valence-electron chi connectivity index (χ0n) is 12.0. The third-order valence-electron chi connectivity index (χ3n) is 4.12. The van der Waals surface area contributed by atoms with Crippen molar-refractivity contribution in [1.29, 1.82) is 0 Å². The fourth-order valence-corrected chi connectivity index (χ4v) is 2.78. The molecule has 2 atom stereocenters. The van der Waals surface area contributed by atoms with Crippen LogP contribution in [0.25, 0.3) is 0 Å². The molecular weight excluding hydrogens is 271 g/mol. The first-order chi connectivity index (χ1) is 10.2. The molecule has 1 aromatic rings. The van der Waals surface area contributed by atoms with Crippen molar-refractivity contribution < 1.29 is 13.9 Å². The summed E-state index contributed by atoms with van der Waals surface area (Å²) < 4.78 is 18.5. The number of benzene rings is 1. The average Bonchev–Trinajstić information content (AvgIpc) is 3.19. The Morgan fingerprint density at radius 3 is 2.67 bits per heavy atom. The first-order valence-electron chi connectivity index (χ1n) is 7.64. The van der Waals surface area contributed by atoms with Gasteiger partial charge in [0.15, 0.2) is 0 Å². The van der Waals surface area contributed by atoms with Gasteiger partial charge in [-0.25, -0.2) is 9.18 Å². The number of carbonyl (C=O) groups excluding carboxylic acids is 1. The largest absolute Gasteiger partial charge is 0.376 e. The van der Waals surface area contributed by atoms with Crippen LogP contribution in [-0.2, 0) is 4.74 Å². The minimum absolute atomic E-state index is 0.0323. The second-order valence-corrected chi connectivity index (χ2v) is 5.86. The minimum Gasteiger partial charge on any atom is -0.376 e. The normalized spacial score (nSPS) is 22.8. The third kappa shape index (κ3) is 3.94. The summed E-state index contributed by atoms with van der Waals surface area (Å²) in [5, 5.41) is 5.88. The molecule has 1 aromatic carbocycles. The lowest BCUT2D eigenvalue weighted by Crippen LogP contribution is -2.41. The van der Waals surface area contributed by atoms with Gasteiger partial charge in [0.25, 0.3) is 0 Å². The summed E-state index contributed by atoms with van der Waals surface area (Å²) in [5.74, 6) is 0.208. The van der Waals surface area contributed by atoms with Gasteiger partial charge in [-0.05, 0) is 49.3 Å². The maximum atomic E-state index is 13.0. The van der Waals surface area contributed by atoms with E-state index in [0.717, 1.165) is 37.9 Å². The van der Waals surface area contributed by atoms with Gasteiger partial charge < -0.3 is 15.4 Å². The van der Waals surface area contributed by atoms with Crippen LogP contribution in [0.5, 0.6) is 0 Å². The fourth-order valence-electron chi connectivity index (χ4n) is 2.78. The topological polar surface area (TPSA) is 50.4 Å². The first-order valence-corrected chi connectivity index (χ1v) is 7.64. The summed E-state index contributed by atoms with van der Waals surface area (Å²) in [6.07, 6.45) is 4.42. The molecule has 21 heavy (non-hydrogen) atoms. The molecule has 0 aromatic heterocycles. The molecule has 1 aliphatic heterocycles. The molecule has 1 aliphatic carbocycles. The van der Waals surface area contributed by atoms with Crippen LogP contribution >= 0.6 is 0 Å². The molecule has 1 saturated heterocycles. The van der Waals surface area contributed by atoms with Crippen LogP contribution in [-0.4, -0.2) is 25.3 Å². The Morgan fingerprint density at radius 1 is 1.29 bits per heavy atom. The molecule has 0 spiro atoms. The number of carbonyl (C=O) groups is 1. The molecule has 5 heteroatoms. The predicted octanol–water partition coefficient (Wildman–Crippen LogP) is 2.76. The molecule has 0 radical (unpaired) electrons. The Balaban J connectivity index is 1.54. The van der Waals surface area contributed by atoms with Crippen molar-refractivity contribution in [1.82, 2.24) is 10.6 Å². The number of hydrogen-bond acceptors (Lipinski definition) is 2. The standard InChI is InChI=1S/C16H21FN2O2/c17-13-7-5-12(6-8-13)15(11-3-4-11)19-16(20)18-10-14-2-1-9-21-14/h5-8,11,14-15H,1-4,9-10H2,(H2,18,19,20)/t14-,15+/m1/s1. The van der Waals surface area contributed by atoms with Gasteiger partial charge in [0.05, 0.1) is 12.1 Å². The molecular formula is C16H21FN2O2. The van der Waals surface area contributed by atoms with E-state index in [1.807, 2.05) is 0 Å². The number of halogens is 1. The van der Waals surface area contributed by atoms with Gasteiger partial charge in [-0.2, -0.15) is 0 Å². The minimum atomic E-state index is -0.254. The highest BCUT2D eigenvalue weighted by Crippen LogP contribution is 2.40. The molecule has 3 rings (SSSR count). The Hall–Kier alpha value is -1.62. The second kappa shape index (κ2) is 6.43. The van der Waals surface area contributed by atoms with Crippen LogP contribution in [0.1, 0.15) is 37.3 Å². The monoisotopic (exact) mass is 292 g/mol. The van der Waals surface area contributed by atoms with Crippen LogP contribution in [0.3, 0.4) is 0 Å². The van der Waals surface area contributed by atoms with Crippen molar-refractivity contribution in [3.05, 3.63) is 35.6 Å². The van der Waals surface area contributed by atoms with Gasteiger partial charge >= 0.3 is 6.03 Å². The molecule has 4 nitrogen and oxygen atoms in total. The van der Waals surface area contributed by atoms with E-state index in [1.165, 1.54) is 12.1 Å². The zero-order valence-corrected chi connectivity index (χ0v) is 12.0. The lowest BCUT2D eigenvalue weighted by molar-refractivity contribution is 0.111. The summed E-state index contributed by atoms with van der Waals surface area (Å²) in [7, 11) is 0. The number of nitrogens with one attached hydrogen (secondary N) is 2. The van der Waals surface area contributed by atoms with E-state index < -0.39 is 0 Å². The van der Waals surface area contributed by atoms with Crippen LogP contribution in [0.4, 0.5) is 9.18 Å². The van der Waals surface area contributed by atoms with Crippen molar-refractivity contribution in [2.45, 2.75) is 37.8 Å². The van der Waals surface area contributed by atoms with Crippen molar-refractivity contribution >= 4 is 6.03 Å². The van der Waals surface area contributed by atoms with Crippen LogP contribution in [0.15, 0.2) is 24.3 Å². The van der Waals surface area contributed by atoms with Crippen molar-refractivity contribution in [2.75, 3.05) is 13.2 Å². The van der Waals surface area contributed by atoms with Crippen LogP contribution < -0.4 is 10.6 Å². The quantitative estimate of drug-likeness (QED) is 0.876. The van der Waals surface area contributed by atoms with Gasteiger partial charge in [-0.1, -0.05) is 12.1 Å². The van der Waals surface area contributed by atoms with Gasteiger partial charge in [-0.15, -0.1) is 0 Å². The lowest BCUT2D eigenvalue weighted by atomic mass is 10.0. The maximum Gasteiger partial charge on any atom is 0.315 e. The average molecular weight is 292 g/mol. The number of rotatable bonds is 5. The molecule has 1 heterocycles. The summed E-state index contributed by atoms with van der Waals surface area (Å²) >= 11 is 0. The number of ether oxygens (including phenoxy) is 1. The number of urea groups is 1. The molecule has 0 unspecified atom stereocenters. The molecule has 2 amide bonds. The van der Waals surface area contributed by atoms with E-state index in [9.17, 15) is 9.18 Å². The first kappa shape index (κ1) is 14.3. The van der Waals surface area contributed by atoms with E-state index in [4.69, 9.17) is 4.74 Å². The predicted molar refractivity (Wildman–Crippen MR) is 77.4 cm³/mol. The Labute approximate surface area is 124 Å². The molecule has 0 bridgehead atoms. The molecule has 114 valence electrons. The van der Waals surface area contributed by atoms with E-state index in [-0.39, 0.29) is 24.0 Å². The van der Waals surface area contributed by atoms with Gasteiger partial charge in [-0.3, -0.25) is 0 Å². The fraction of sp³-hybridized carbons (Fsp3) is 0.562. The number of hydrogen-bond donors (Lipinski definition) is 2. The summed E-state index contributed by atoms with van der Waals surface area (Å²) in [4.78, 5) is 12.0. The SMILES string of the molecule is O=C(NC[C@H]1CCCO1)N[C@H](c1ccc(F)cc1)C1CC1. The maximum absolute atomic E-state index is 13.0. The lowest BCUT2D eigenvalue weighted by Gasteiger charge is -2.20. The Kier molecular flexibility index (Phi) is 4.39. The molecule has 2 N–H and O–H groups in total. The van der Waals surface area contributed by atoms with Crippen LogP contribution in [0, 0.1) is 11.7 Å². The zero-order chi connectivity index (χ0) is 14.7. The third-order valence-corrected chi connectivity index (χ3v) is 4.12. The molecule has 2 aliphatic rings. The van der Waals surface area contributed by atoms with Crippen LogP contribution in [0.2, 0.25) is 0 Å². The summed E-state index contributed by atoms with van der Waals surface area (Å²) in [6, 6.07) is 6.17. The van der Waals surface area contributed by atoms with Gasteiger partial charge in [0.2, 0.25) is 0 Å². The summed E-state index contributed by atoms with van der Waals surface area (Å²) in [6.45, 7) is 1.33. The summed E-state index contributed by atoms with van der Waals surface area (Å²) in [5.41, 5.74) is 0.964. The second-order valence-electron chi connectivity index (χ2n) is 5.86. The smallest absolute Gasteiger partial charge is 0.315 e. The highest BCUT2D eigenvalue weighted by atomic mass is 19.1. The van der Waals surface area contributed by atoms with Crippen molar-refractivity contribution in [3.63, 3.8) is 0 Å². The van der Waals surface area contributed by atoms with Gasteiger partial charge in [0.1, 0.15) is 5.82 Å². The number of amides is 2. The van der Waals surface area contributed by atoms with Crippen molar-refractivity contribution in [3.8, 4) is 0 Å². The molecule has 1 saturated carbocycles. The molecule has 2 fully saturated rings. The van der Waals surface area contributed by atoms with Gasteiger partial charge in [0, 0.05) is 13.2 Å². The van der Waals surface area contributed by atoms with E-state index in [0.29, 0.717) is 12.5 Å². The Bertz CT molecular complexity index is 482. The highest BCUT2D eigenvalue weighted by Gasteiger charge is 2.33. The van der Waals surface area contributed by atoms with E-state index >= 15 is 0 Å². The van der Waals surface area contributed by atoms with E-state index in [1.54, 1.807) is 12.1 Å². The highest BCUT2D eigenvalue weighted by molar-refractivity contribution is 5.74. The Morgan fingerprint density at radius 2 is 2.05 bits per heavy atom. The van der Waals surface area contributed by atoms with Crippen molar-refractivity contribution in [2.24, 2.45) is 5.92 Å².